The molecule has 0 aliphatic rings. The molecule has 1 aromatic rings. The van der Waals surface area contributed by atoms with Gasteiger partial charge < -0.3 is 14.7 Å². The van der Waals surface area contributed by atoms with Gasteiger partial charge in [-0.25, -0.2) is 0 Å². The fourth-order valence-electron chi connectivity index (χ4n) is 1.80. The Hall–Kier alpha value is -1.69. The molecule has 1 amide bonds. The molecule has 0 radical (unpaired) electrons. The molecule has 0 bridgehead atoms. The normalized spacial score (nSPS) is 11.8. The number of thioether (sulfide) groups is 1. The number of benzene rings is 1. The second kappa shape index (κ2) is 8.56. The smallest absolute Gasteiger partial charge is 0.303 e. The predicted molar refractivity (Wildman–Crippen MR) is 82.8 cm³/mol. The van der Waals surface area contributed by atoms with Crippen molar-refractivity contribution in [3.05, 3.63) is 24.3 Å². The second-order valence-electron chi connectivity index (χ2n) is 4.69. The van der Waals surface area contributed by atoms with E-state index in [2.05, 4.69) is 0 Å². The van der Waals surface area contributed by atoms with Crippen molar-refractivity contribution in [1.29, 1.82) is 0 Å². The summed E-state index contributed by atoms with van der Waals surface area (Å²) in [6.07, 6.45) is 0.551. The van der Waals surface area contributed by atoms with Crippen molar-refractivity contribution in [3.8, 4) is 5.75 Å². The maximum atomic E-state index is 12.2. The minimum Gasteiger partial charge on any atom is -0.497 e. The Bertz CT molecular complexity index is 475. The molecule has 116 valence electrons. The quantitative estimate of drug-likeness (QED) is 0.747. The van der Waals surface area contributed by atoms with Crippen molar-refractivity contribution in [1.82, 2.24) is 4.90 Å². The van der Waals surface area contributed by atoms with Crippen LogP contribution in [0.5, 0.6) is 5.75 Å². The summed E-state index contributed by atoms with van der Waals surface area (Å²) >= 11 is 1.48. The van der Waals surface area contributed by atoms with Gasteiger partial charge in [-0.05, 0) is 37.6 Å². The minimum absolute atomic E-state index is 0.00112. The lowest BCUT2D eigenvalue weighted by atomic mass is 10.3. The average Bonchev–Trinajstić information content (AvgIpc) is 2.46. The highest BCUT2D eigenvalue weighted by Gasteiger charge is 2.18. The standard InChI is InChI=1S/C15H21NO4S/c1-11(15(19)16(2)10-4-5-14(17)18)21-13-8-6-12(20-3)7-9-13/h6-9,11H,4-5,10H2,1-3H3,(H,17,18). The summed E-state index contributed by atoms with van der Waals surface area (Å²) in [6, 6.07) is 7.54. The maximum absolute atomic E-state index is 12.2. The van der Waals surface area contributed by atoms with Crippen LogP contribution in [0.2, 0.25) is 0 Å². The number of hydrogen-bond donors (Lipinski definition) is 1. The van der Waals surface area contributed by atoms with Gasteiger partial charge in [0, 0.05) is 24.9 Å². The molecule has 1 N–H and O–H groups in total. The van der Waals surface area contributed by atoms with Gasteiger partial charge in [-0.3, -0.25) is 9.59 Å². The van der Waals surface area contributed by atoms with Gasteiger partial charge in [0.2, 0.25) is 5.91 Å². The third-order valence-electron chi connectivity index (χ3n) is 2.98. The number of rotatable bonds is 8. The van der Waals surface area contributed by atoms with Gasteiger partial charge in [0.15, 0.2) is 0 Å². The van der Waals surface area contributed by atoms with Crippen LogP contribution in [0.1, 0.15) is 19.8 Å². The van der Waals surface area contributed by atoms with E-state index in [-0.39, 0.29) is 17.6 Å². The van der Waals surface area contributed by atoms with E-state index < -0.39 is 5.97 Å². The molecule has 0 aromatic heterocycles. The highest BCUT2D eigenvalue weighted by molar-refractivity contribution is 8.00. The van der Waals surface area contributed by atoms with Crippen LogP contribution >= 0.6 is 11.8 Å². The number of amides is 1. The third kappa shape index (κ3) is 6.08. The largest absolute Gasteiger partial charge is 0.497 e. The number of aliphatic carboxylic acids is 1. The molecular weight excluding hydrogens is 290 g/mol. The molecule has 0 saturated heterocycles. The first-order valence-corrected chi connectivity index (χ1v) is 7.59. The first kappa shape index (κ1) is 17.4. The van der Waals surface area contributed by atoms with E-state index in [9.17, 15) is 9.59 Å². The zero-order valence-electron chi connectivity index (χ0n) is 12.5. The molecule has 6 heteroatoms. The molecule has 1 unspecified atom stereocenters. The molecule has 0 aliphatic carbocycles. The van der Waals surface area contributed by atoms with Gasteiger partial charge in [-0.1, -0.05) is 0 Å². The van der Waals surface area contributed by atoms with Crippen LogP contribution < -0.4 is 4.74 Å². The molecular formula is C15H21NO4S. The van der Waals surface area contributed by atoms with Crippen LogP contribution in [0, 0.1) is 0 Å². The predicted octanol–water partition coefficient (Wildman–Crippen LogP) is 2.50. The Morgan fingerprint density at radius 3 is 2.48 bits per heavy atom. The van der Waals surface area contributed by atoms with Gasteiger partial charge in [-0.15, -0.1) is 11.8 Å². The third-order valence-corrected chi connectivity index (χ3v) is 4.08. The van der Waals surface area contributed by atoms with Crippen molar-refractivity contribution >= 4 is 23.6 Å². The Balaban J connectivity index is 2.47. The zero-order valence-corrected chi connectivity index (χ0v) is 13.4. The first-order valence-electron chi connectivity index (χ1n) is 6.71. The summed E-state index contributed by atoms with van der Waals surface area (Å²) in [5, 5.41) is 8.38. The molecule has 21 heavy (non-hydrogen) atoms. The minimum atomic E-state index is -0.837. The molecule has 0 saturated carbocycles. The van der Waals surface area contributed by atoms with E-state index >= 15 is 0 Å². The van der Waals surface area contributed by atoms with Crippen LogP contribution in [-0.2, 0) is 9.59 Å². The molecule has 0 heterocycles. The molecule has 0 spiro atoms. The van der Waals surface area contributed by atoms with E-state index in [1.807, 2.05) is 31.2 Å². The van der Waals surface area contributed by atoms with Gasteiger partial charge in [0.25, 0.3) is 0 Å². The van der Waals surface area contributed by atoms with Crippen molar-refractivity contribution in [2.24, 2.45) is 0 Å². The topological polar surface area (TPSA) is 66.8 Å². The monoisotopic (exact) mass is 311 g/mol. The van der Waals surface area contributed by atoms with Gasteiger partial charge >= 0.3 is 5.97 Å². The van der Waals surface area contributed by atoms with E-state index in [1.54, 1.807) is 19.1 Å². The van der Waals surface area contributed by atoms with Crippen LogP contribution in [0.15, 0.2) is 29.2 Å². The highest BCUT2D eigenvalue weighted by atomic mass is 32.2. The number of methoxy groups -OCH3 is 1. The summed E-state index contributed by atoms with van der Waals surface area (Å²) in [7, 11) is 3.32. The lowest BCUT2D eigenvalue weighted by Crippen LogP contribution is -2.34. The summed E-state index contributed by atoms with van der Waals surface area (Å²) in [5.41, 5.74) is 0. The molecule has 5 nitrogen and oxygen atoms in total. The zero-order chi connectivity index (χ0) is 15.8. The molecule has 0 fully saturated rings. The number of nitrogens with zero attached hydrogens (tertiary/aromatic N) is 1. The van der Waals surface area contributed by atoms with Crippen molar-refractivity contribution in [2.75, 3.05) is 20.7 Å². The summed E-state index contributed by atoms with van der Waals surface area (Å²) in [6.45, 7) is 2.31. The lowest BCUT2D eigenvalue weighted by molar-refractivity contribution is -0.137. The number of hydrogen-bond acceptors (Lipinski definition) is 4. The number of carbonyl (C=O) groups excluding carboxylic acids is 1. The molecule has 1 rings (SSSR count). The molecule has 1 atom stereocenters. The highest BCUT2D eigenvalue weighted by Crippen LogP contribution is 2.26. The molecule has 1 aromatic carbocycles. The fraction of sp³-hybridized carbons (Fsp3) is 0.467. The van der Waals surface area contributed by atoms with Crippen LogP contribution in [0.25, 0.3) is 0 Å². The van der Waals surface area contributed by atoms with Gasteiger partial charge in [-0.2, -0.15) is 0 Å². The Labute approximate surface area is 129 Å². The number of ether oxygens (including phenoxy) is 1. The Morgan fingerprint density at radius 1 is 1.33 bits per heavy atom. The van der Waals surface area contributed by atoms with Crippen molar-refractivity contribution < 1.29 is 19.4 Å². The van der Waals surface area contributed by atoms with E-state index in [0.29, 0.717) is 13.0 Å². The first-order chi connectivity index (χ1) is 9.93. The number of carboxylic acids is 1. The van der Waals surface area contributed by atoms with Crippen LogP contribution in [0.3, 0.4) is 0 Å². The van der Waals surface area contributed by atoms with E-state index in [1.165, 1.54) is 11.8 Å². The van der Waals surface area contributed by atoms with Crippen LogP contribution in [0.4, 0.5) is 0 Å². The van der Waals surface area contributed by atoms with E-state index in [4.69, 9.17) is 9.84 Å². The lowest BCUT2D eigenvalue weighted by Gasteiger charge is -2.20. The van der Waals surface area contributed by atoms with Gasteiger partial charge in [0.1, 0.15) is 5.75 Å². The second-order valence-corrected chi connectivity index (χ2v) is 6.11. The number of carboxylic acid groups (broad SMARTS) is 1. The summed E-state index contributed by atoms with van der Waals surface area (Å²) in [4.78, 5) is 25.2. The summed E-state index contributed by atoms with van der Waals surface area (Å²) < 4.78 is 5.09. The average molecular weight is 311 g/mol. The van der Waals surface area contributed by atoms with Crippen molar-refractivity contribution in [2.45, 2.75) is 29.9 Å². The summed E-state index contributed by atoms with van der Waals surface area (Å²) in [5.74, 6) is -0.0539. The SMILES string of the molecule is COc1ccc(SC(C)C(=O)N(C)CCCC(=O)O)cc1. The maximum Gasteiger partial charge on any atom is 0.303 e. The van der Waals surface area contributed by atoms with E-state index in [0.717, 1.165) is 10.6 Å². The van der Waals surface area contributed by atoms with Crippen LogP contribution in [-0.4, -0.2) is 47.8 Å². The fourth-order valence-corrected chi connectivity index (χ4v) is 2.78. The molecule has 0 aliphatic heterocycles. The van der Waals surface area contributed by atoms with Crippen molar-refractivity contribution in [3.63, 3.8) is 0 Å². The Morgan fingerprint density at radius 2 is 1.95 bits per heavy atom. The Kier molecular flexibility index (Phi) is 7.08. The number of carbonyl (C=O) groups is 2. The van der Waals surface area contributed by atoms with Gasteiger partial charge in [0.05, 0.1) is 12.4 Å².